The molecule has 1 nitrogen and oxygen atoms in total. The first kappa shape index (κ1) is 11.1. The van der Waals surface area contributed by atoms with E-state index in [1.165, 1.54) is 16.0 Å². The Bertz CT molecular complexity index is 462. The third-order valence-corrected chi connectivity index (χ3v) is 3.17. The summed E-state index contributed by atoms with van der Waals surface area (Å²) in [7, 11) is 1.68. The number of benzene rings is 2. The maximum Gasteiger partial charge on any atom is 0.118 e. The molecule has 81 valence electrons. The zero-order valence-corrected chi connectivity index (χ0v) is 10.2. The van der Waals surface area contributed by atoms with Crippen molar-refractivity contribution in [3.63, 3.8) is 0 Å². The fraction of sp³-hybridized carbons (Fsp3) is 0.143. The van der Waals surface area contributed by atoms with Gasteiger partial charge in [0.25, 0.3) is 0 Å². The van der Waals surface area contributed by atoms with Crippen LogP contribution in [-0.2, 0) is 0 Å². The lowest BCUT2D eigenvalue weighted by Crippen LogP contribution is -1.84. The lowest BCUT2D eigenvalue weighted by atomic mass is 10.1. The Morgan fingerprint density at radius 1 is 1.12 bits per heavy atom. The third-order valence-electron chi connectivity index (χ3n) is 2.42. The van der Waals surface area contributed by atoms with E-state index >= 15 is 0 Å². The molecule has 0 saturated heterocycles. The molecule has 0 bridgehead atoms. The molecule has 0 atom stereocenters. The van der Waals surface area contributed by atoms with Crippen molar-refractivity contribution in [3.05, 3.63) is 48.5 Å². The molecule has 0 saturated carbocycles. The molecule has 0 aliphatic heterocycles. The van der Waals surface area contributed by atoms with Crippen LogP contribution in [0.15, 0.2) is 47.4 Å². The van der Waals surface area contributed by atoms with E-state index in [-0.39, 0.29) is 0 Å². The largest absolute Gasteiger partial charge is 0.497 e. The zero-order valence-electron chi connectivity index (χ0n) is 9.36. The maximum absolute atomic E-state index is 5.15. The van der Waals surface area contributed by atoms with E-state index in [1.807, 2.05) is 24.3 Å². The minimum Gasteiger partial charge on any atom is -0.497 e. The predicted octanol–water partition coefficient (Wildman–Crippen LogP) is 3.88. The number of ether oxygens (including phenoxy) is 1. The van der Waals surface area contributed by atoms with Crippen LogP contribution in [0.4, 0.5) is 0 Å². The Morgan fingerprint density at radius 2 is 1.88 bits per heavy atom. The summed E-state index contributed by atoms with van der Waals surface area (Å²) in [5, 5.41) is 0. The molecule has 0 aliphatic rings. The first-order valence-corrected chi connectivity index (χ1v) is 6.26. The van der Waals surface area contributed by atoms with Crippen LogP contribution in [0.25, 0.3) is 11.1 Å². The fourth-order valence-electron chi connectivity index (χ4n) is 1.59. The SMILES string of the molecule is COc1ccc(-c2ccc[c]c2SC)cc1. The van der Waals surface area contributed by atoms with Gasteiger partial charge in [-0.1, -0.05) is 30.3 Å². The number of thioether (sulfide) groups is 1. The van der Waals surface area contributed by atoms with Crippen LogP contribution < -0.4 is 4.74 Å². The summed E-state index contributed by atoms with van der Waals surface area (Å²) in [5.74, 6) is 0.884. The summed E-state index contributed by atoms with van der Waals surface area (Å²) in [6.07, 6.45) is 2.07. The van der Waals surface area contributed by atoms with Gasteiger partial charge in [0, 0.05) is 4.90 Å². The van der Waals surface area contributed by atoms with Crippen LogP contribution in [0, 0.1) is 6.07 Å². The van der Waals surface area contributed by atoms with Crippen LogP contribution in [0.3, 0.4) is 0 Å². The second-order valence-corrected chi connectivity index (χ2v) is 4.16. The Kier molecular flexibility index (Phi) is 3.52. The van der Waals surface area contributed by atoms with E-state index < -0.39 is 0 Å². The van der Waals surface area contributed by atoms with E-state index in [9.17, 15) is 0 Å². The van der Waals surface area contributed by atoms with Gasteiger partial charge in [0.05, 0.1) is 7.11 Å². The van der Waals surface area contributed by atoms with E-state index in [4.69, 9.17) is 4.74 Å². The summed E-state index contributed by atoms with van der Waals surface area (Å²) in [5.41, 5.74) is 2.42. The Balaban J connectivity index is 2.42. The van der Waals surface area contributed by atoms with Gasteiger partial charge in [0.1, 0.15) is 5.75 Å². The van der Waals surface area contributed by atoms with Gasteiger partial charge in [-0.3, -0.25) is 0 Å². The standard InChI is InChI=1S/C14H13OS/c1-15-12-9-7-11(8-10-12)13-5-3-4-6-14(13)16-2/h3-5,7-10H,1-2H3. The highest BCUT2D eigenvalue weighted by Crippen LogP contribution is 2.30. The van der Waals surface area contributed by atoms with Crippen molar-refractivity contribution in [1.82, 2.24) is 0 Å². The molecule has 0 aromatic heterocycles. The molecule has 2 aromatic carbocycles. The van der Waals surface area contributed by atoms with Crippen molar-refractivity contribution in [1.29, 1.82) is 0 Å². The van der Waals surface area contributed by atoms with Gasteiger partial charge in [-0.25, -0.2) is 0 Å². The van der Waals surface area contributed by atoms with Gasteiger partial charge in [-0.05, 0) is 35.6 Å². The molecule has 0 aliphatic carbocycles. The highest BCUT2D eigenvalue weighted by Gasteiger charge is 2.03. The van der Waals surface area contributed by atoms with Crippen molar-refractivity contribution in [2.24, 2.45) is 0 Å². The van der Waals surface area contributed by atoms with Crippen molar-refractivity contribution in [3.8, 4) is 16.9 Å². The highest BCUT2D eigenvalue weighted by molar-refractivity contribution is 7.98. The monoisotopic (exact) mass is 229 g/mol. The molecule has 1 radical (unpaired) electrons. The van der Waals surface area contributed by atoms with Crippen molar-refractivity contribution in [2.45, 2.75) is 4.90 Å². The maximum atomic E-state index is 5.15. The Hall–Kier alpha value is -1.41. The second-order valence-electron chi connectivity index (χ2n) is 3.35. The van der Waals surface area contributed by atoms with Gasteiger partial charge in [0.15, 0.2) is 0 Å². The average Bonchev–Trinajstić information content (AvgIpc) is 2.39. The summed E-state index contributed by atoms with van der Waals surface area (Å²) in [4.78, 5) is 1.17. The summed E-state index contributed by atoms with van der Waals surface area (Å²) in [6.45, 7) is 0. The molecule has 0 spiro atoms. The van der Waals surface area contributed by atoms with Crippen molar-refractivity contribution in [2.75, 3.05) is 13.4 Å². The minimum absolute atomic E-state index is 0.884. The Morgan fingerprint density at radius 3 is 2.50 bits per heavy atom. The number of rotatable bonds is 3. The summed E-state index contributed by atoms with van der Waals surface area (Å²) in [6, 6.07) is 17.4. The number of hydrogen-bond donors (Lipinski definition) is 0. The smallest absolute Gasteiger partial charge is 0.118 e. The lowest BCUT2D eigenvalue weighted by Gasteiger charge is -2.07. The normalized spacial score (nSPS) is 10.1. The fourth-order valence-corrected chi connectivity index (χ4v) is 2.18. The van der Waals surface area contributed by atoms with Crippen LogP contribution >= 0.6 is 11.8 Å². The zero-order chi connectivity index (χ0) is 11.4. The van der Waals surface area contributed by atoms with Crippen LogP contribution in [0.1, 0.15) is 0 Å². The van der Waals surface area contributed by atoms with Gasteiger partial charge < -0.3 is 4.74 Å². The molecule has 16 heavy (non-hydrogen) atoms. The molecule has 0 N–H and O–H groups in total. The molecule has 0 unspecified atom stereocenters. The van der Waals surface area contributed by atoms with Gasteiger partial charge >= 0.3 is 0 Å². The quantitative estimate of drug-likeness (QED) is 0.739. The molecule has 0 heterocycles. The lowest BCUT2D eigenvalue weighted by molar-refractivity contribution is 0.415. The van der Waals surface area contributed by atoms with Crippen molar-refractivity contribution >= 4 is 11.8 Å². The Labute approximate surface area is 100 Å². The molecule has 0 fully saturated rings. The third kappa shape index (κ3) is 2.22. The molecule has 2 aromatic rings. The summed E-state index contributed by atoms with van der Waals surface area (Å²) < 4.78 is 5.15. The van der Waals surface area contributed by atoms with E-state index in [2.05, 4.69) is 30.5 Å². The number of methoxy groups -OCH3 is 1. The molecule has 2 heteroatoms. The predicted molar refractivity (Wildman–Crippen MR) is 69.0 cm³/mol. The van der Waals surface area contributed by atoms with Gasteiger partial charge in [-0.15, -0.1) is 11.8 Å². The molecule has 2 rings (SSSR count). The van der Waals surface area contributed by atoms with Gasteiger partial charge in [0.2, 0.25) is 0 Å². The van der Waals surface area contributed by atoms with Crippen LogP contribution in [-0.4, -0.2) is 13.4 Å². The van der Waals surface area contributed by atoms with E-state index in [0.29, 0.717) is 0 Å². The van der Waals surface area contributed by atoms with E-state index in [0.717, 1.165) is 5.75 Å². The van der Waals surface area contributed by atoms with E-state index in [1.54, 1.807) is 18.9 Å². The van der Waals surface area contributed by atoms with Crippen molar-refractivity contribution < 1.29 is 4.74 Å². The average molecular weight is 229 g/mol. The topological polar surface area (TPSA) is 9.23 Å². The minimum atomic E-state index is 0.884. The van der Waals surface area contributed by atoms with Crippen LogP contribution in [0.5, 0.6) is 5.75 Å². The molecular formula is C14H13OS. The number of hydrogen-bond acceptors (Lipinski definition) is 2. The molecule has 0 amide bonds. The first-order valence-electron chi connectivity index (χ1n) is 5.04. The summed E-state index contributed by atoms with van der Waals surface area (Å²) >= 11 is 1.71. The first-order chi connectivity index (χ1) is 7.85. The molecular weight excluding hydrogens is 216 g/mol. The highest BCUT2D eigenvalue weighted by atomic mass is 32.2. The van der Waals surface area contributed by atoms with Gasteiger partial charge in [-0.2, -0.15) is 0 Å². The second kappa shape index (κ2) is 5.08. The van der Waals surface area contributed by atoms with Crippen LogP contribution in [0.2, 0.25) is 0 Å².